The SMILES string of the molecule is Cc1cc(Br)c(OCc2ccc(C(=O)N/N=C3/C[C@H](C)CC(C)(C)C3)cc2)c(Br)c1. The van der Waals surface area contributed by atoms with Crippen LogP contribution in [0.25, 0.3) is 0 Å². The highest BCUT2D eigenvalue weighted by molar-refractivity contribution is 9.11. The Labute approximate surface area is 195 Å². The molecule has 2 aromatic carbocycles. The Bertz CT molecular complexity index is 929. The summed E-state index contributed by atoms with van der Waals surface area (Å²) in [5.41, 5.74) is 6.76. The fraction of sp³-hybridized carbons (Fsp3) is 0.417. The van der Waals surface area contributed by atoms with E-state index in [1.807, 2.05) is 31.2 Å². The van der Waals surface area contributed by atoms with E-state index in [0.717, 1.165) is 44.4 Å². The van der Waals surface area contributed by atoms with Crippen LogP contribution in [0, 0.1) is 18.3 Å². The number of nitrogens with zero attached hydrogens (tertiary/aromatic N) is 1. The van der Waals surface area contributed by atoms with Crippen molar-refractivity contribution in [1.82, 2.24) is 5.43 Å². The highest BCUT2D eigenvalue weighted by atomic mass is 79.9. The first kappa shape index (κ1) is 23.0. The molecular formula is C24H28Br2N2O2. The van der Waals surface area contributed by atoms with Crippen LogP contribution in [-0.4, -0.2) is 11.6 Å². The van der Waals surface area contributed by atoms with Gasteiger partial charge in [-0.05, 0) is 105 Å². The standard InChI is InChI=1S/C24H28Br2N2O2/c1-15-10-20(25)22(21(26)11-15)30-14-17-5-7-18(8-6-17)23(29)28-27-19-9-16(2)12-24(3,4)13-19/h5-8,10-11,16H,9,12-14H2,1-4H3,(H,28,29)/b27-19-/t16-/m0/s1. The van der Waals surface area contributed by atoms with Crippen LogP contribution in [0.15, 0.2) is 50.4 Å². The minimum atomic E-state index is -0.185. The average Bonchev–Trinajstić information content (AvgIpc) is 2.64. The molecule has 0 saturated heterocycles. The Balaban J connectivity index is 1.59. The molecule has 0 spiro atoms. The predicted octanol–water partition coefficient (Wildman–Crippen LogP) is 7.03. The van der Waals surface area contributed by atoms with E-state index in [9.17, 15) is 4.79 Å². The quantitative estimate of drug-likeness (QED) is 0.418. The van der Waals surface area contributed by atoms with Crippen LogP contribution in [0.5, 0.6) is 5.75 Å². The zero-order valence-corrected chi connectivity index (χ0v) is 21.1. The first-order valence-corrected chi connectivity index (χ1v) is 11.7. The molecule has 1 amide bonds. The Hall–Kier alpha value is -1.66. The number of carbonyl (C=O) groups is 1. The highest BCUT2D eigenvalue weighted by Gasteiger charge is 2.29. The molecule has 4 nitrogen and oxygen atoms in total. The number of rotatable bonds is 5. The number of amides is 1. The van der Waals surface area contributed by atoms with Crippen molar-refractivity contribution in [3.05, 3.63) is 62.0 Å². The smallest absolute Gasteiger partial charge is 0.271 e. The van der Waals surface area contributed by atoms with Crippen molar-refractivity contribution in [3.8, 4) is 5.75 Å². The molecule has 1 atom stereocenters. The first-order valence-electron chi connectivity index (χ1n) is 10.2. The van der Waals surface area contributed by atoms with Gasteiger partial charge in [0.05, 0.1) is 8.95 Å². The Morgan fingerprint density at radius 3 is 2.43 bits per heavy atom. The normalized spacial score (nSPS) is 19.5. The predicted molar refractivity (Wildman–Crippen MR) is 129 cm³/mol. The number of nitrogens with one attached hydrogen (secondary N) is 1. The first-order chi connectivity index (χ1) is 14.1. The van der Waals surface area contributed by atoms with E-state index >= 15 is 0 Å². The Morgan fingerprint density at radius 2 is 1.83 bits per heavy atom. The van der Waals surface area contributed by atoms with Gasteiger partial charge in [0.1, 0.15) is 12.4 Å². The van der Waals surface area contributed by atoms with Crippen molar-refractivity contribution < 1.29 is 9.53 Å². The molecule has 1 saturated carbocycles. The summed E-state index contributed by atoms with van der Waals surface area (Å²) >= 11 is 7.08. The van der Waals surface area contributed by atoms with Crippen LogP contribution in [0.2, 0.25) is 0 Å². The van der Waals surface area contributed by atoms with Crippen molar-refractivity contribution in [2.75, 3.05) is 0 Å². The second kappa shape index (κ2) is 9.65. The van der Waals surface area contributed by atoms with E-state index in [2.05, 4.69) is 63.2 Å². The number of ether oxygens (including phenoxy) is 1. The fourth-order valence-electron chi connectivity index (χ4n) is 4.13. The maximum atomic E-state index is 12.5. The Morgan fingerprint density at radius 1 is 1.20 bits per heavy atom. The van der Waals surface area contributed by atoms with Crippen LogP contribution >= 0.6 is 31.9 Å². The monoisotopic (exact) mass is 534 g/mol. The molecule has 2 aromatic rings. The maximum absolute atomic E-state index is 12.5. The third-order valence-electron chi connectivity index (χ3n) is 5.23. The lowest BCUT2D eigenvalue weighted by atomic mass is 9.72. The molecule has 3 rings (SSSR count). The molecular weight excluding hydrogens is 508 g/mol. The number of hydrogen-bond donors (Lipinski definition) is 1. The van der Waals surface area contributed by atoms with Gasteiger partial charge in [-0.2, -0.15) is 5.10 Å². The van der Waals surface area contributed by atoms with E-state index in [1.54, 1.807) is 12.1 Å². The molecule has 0 bridgehead atoms. The zero-order valence-electron chi connectivity index (χ0n) is 17.9. The minimum absolute atomic E-state index is 0.185. The van der Waals surface area contributed by atoms with Gasteiger partial charge in [0, 0.05) is 11.3 Å². The van der Waals surface area contributed by atoms with Crippen LogP contribution in [0.1, 0.15) is 61.5 Å². The molecule has 30 heavy (non-hydrogen) atoms. The lowest BCUT2D eigenvalue weighted by Crippen LogP contribution is -2.30. The number of carbonyl (C=O) groups excluding carboxylic acids is 1. The molecule has 6 heteroatoms. The average molecular weight is 536 g/mol. The zero-order chi connectivity index (χ0) is 21.9. The summed E-state index contributed by atoms with van der Waals surface area (Å²) in [4.78, 5) is 12.5. The number of aryl methyl sites for hydroxylation is 1. The summed E-state index contributed by atoms with van der Waals surface area (Å²) in [5, 5.41) is 4.41. The summed E-state index contributed by atoms with van der Waals surface area (Å²) < 4.78 is 7.76. The number of hydrogen-bond acceptors (Lipinski definition) is 3. The lowest BCUT2D eigenvalue weighted by molar-refractivity contribution is 0.0954. The van der Waals surface area contributed by atoms with E-state index in [1.165, 1.54) is 6.42 Å². The molecule has 0 aromatic heterocycles. The van der Waals surface area contributed by atoms with Gasteiger partial charge in [0.2, 0.25) is 0 Å². The van der Waals surface area contributed by atoms with Gasteiger partial charge >= 0.3 is 0 Å². The summed E-state index contributed by atoms with van der Waals surface area (Å²) in [6, 6.07) is 11.5. The van der Waals surface area contributed by atoms with Crippen molar-refractivity contribution in [3.63, 3.8) is 0 Å². The number of benzene rings is 2. The van der Waals surface area contributed by atoms with E-state index in [0.29, 0.717) is 18.1 Å². The van der Waals surface area contributed by atoms with Gasteiger partial charge in [-0.15, -0.1) is 0 Å². The van der Waals surface area contributed by atoms with E-state index in [-0.39, 0.29) is 11.3 Å². The van der Waals surface area contributed by atoms with Gasteiger partial charge in [-0.1, -0.05) is 32.9 Å². The molecule has 160 valence electrons. The summed E-state index contributed by atoms with van der Waals surface area (Å²) in [6.07, 6.45) is 3.07. The number of halogens is 2. The second-order valence-electron chi connectivity index (χ2n) is 9.02. The molecule has 0 aliphatic heterocycles. The van der Waals surface area contributed by atoms with Gasteiger partial charge in [-0.3, -0.25) is 4.79 Å². The number of hydrazone groups is 1. The molecule has 0 radical (unpaired) electrons. The summed E-state index contributed by atoms with van der Waals surface area (Å²) in [7, 11) is 0. The van der Waals surface area contributed by atoms with E-state index < -0.39 is 0 Å². The van der Waals surface area contributed by atoms with Gasteiger partial charge in [0.15, 0.2) is 0 Å². The fourth-order valence-corrected chi connectivity index (χ4v) is 5.77. The molecule has 0 unspecified atom stereocenters. The molecule has 1 aliphatic rings. The van der Waals surface area contributed by atoms with Crippen LogP contribution < -0.4 is 10.2 Å². The molecule has 1 aliphatic carbocycles. The minimum Gasteiger partial charge on any atom is -0.487 e. The van der Waals surface area contributed by atoms with Gasteiger partial charge < -0.3 is 4.74 Å². The van der Waals surface area contributed by atoms with Crippen LogP contribution in [-0.2, 0) is 6.61 Å². The third-order valence-corrected chi connectivity index (χ3v) is 6.40. The lowest BCUT2D eigenvalue weighted by Gasteiger charge is -2.34. The molecule has 1 N–H and O–H groups in total. The van der Waals surface area contributed by atoms with Crippen molar-refractivity contribution >= 4 is 43.5 Å². The molecule has 0 heterocycles. The maximum Gasteiger partial charge on any atom is 0.271 e. The van der Waals surface area contributed by atoms with Gasteiger partial charge in [0.25, 0.3) is 5.91 Å². The highest BCUT2D eigenvalue weighted by Crippen LogP contribution is 2.37. The van der Waals surface area contributed by atoms with Gasteiger partial charge in [-0.25, -0.2) is 5.43 Å². The largest absolute Gasteiger partial charge is 0.487 e. The topological polar surface area (TPSA) is 50.7 Å². The summed E-state index contributed by atoms with van der Waals surface area (Å²) in [6.45, 7) is 9.21. The van der Waals surface area contributed by atoms with Crippen molar-refractivity contribution in [1.29, 1.82) is 0 Å². The van der Waals surface area contributed by atoms with Crippen molar-refractivity contribution in [2.45, 2.75) is 53.6 Å². The Kier molecular flexibility index (Phi) is 7.40. The van der Waals surface area contributed by atoms with Crippen molar-refractivity contribution in [2.24, 2.45) is 16.4 Å². The second-order valence-corrected chi connectivity index (χ2v) is 10.7. The van der Waals surface area contributed by atoms with E-state index in [4.69, 9.17) is 4.74 Å². The summed E-state index contributed by atoms with van der Waals surface area (Å²) in [5.74, 6) is 1.18. The van der Waals surface area contributed by atoms with Crippen LogP contribution in [0.4, 0.5) is 0 Å². The molecule has 1 fully saturated rings. The van der Waals surface area contributed by atoms with Crippen LogP contribution in [0.3, 0.4) is 0 Å². The third kappa shape index (κ3) is 6.17.